The summed E-state index contributed by atoms with van der Waals surface area (Å²) in [6.45, 7) is 4.33. The molecule has 0 spiro atoms. The fourth-order valence-corrected chi connectivity index (χ4v) is 3.11. The Hall–Kier alpha value is -1.79. The maximum atomic E-state index is 12.3. The molecule has 0 saturated carbocycles. The van der Waals surface area contributed by atoms with Crippen LogP contribution in [0.25, 0.3) is 0 Å². The van der Waals surface area contributed by atoms with E-state index in [1.54, 1.807) is 23.6 Å². The minimum atomic E-state index is 0.0388. The highest BCUT2D eigenvalue weighted by atomic mass is 32.1. The number of thiophene rings is 1. The van der Waals surface area contributed by atoms with Gasteiger partial charge in [-0.05, 0) is 28.5 Å². The zero-order valence-corrected chi connectivity index (χ0v) is 12.0. The number of hydrogen-bond donors (Lipinski definition) is 2. The van der Waals surface area contributed by atoms with E-state index in [0.29, 0.717) is 11.4 Å². The molecule has 0 unspecified atom stereocenters. The number of piperazine rings is 1. The van der Waals surface area contributed by atoms with Crippen LogP contribution in [0.15, 0.2) is 29.1 Å². The molecule has 1 saturated heterocycles. The number of aromatic nitrogens is 1. The van der Waals surface area contributed by atoms with Gasteiger partial charge in [0.05, 0.1) is 0 Å². The number of carbonyl (C=O) groups is 1. The van der Waals surface area contributed by atoms with Gasteiger partial charge < -0.3 is 15.6 Å². The van der Waals surface area contributed by atoms with Crippen molar-refractivity contribution in [1.82, 2.24) is 14.8 Å². The highest BCUT2D eigenvalue weighted by molar-refractivity contribution is 7.07. The molecule has 5 nitrogen and oxygen atoms in total. The third kappa shape index (κ3) is 2.86. The lowest BCUT2D eigenvalue weighted by atomic mass is 10.2. The van der Waals surface area contributed by atoms with Crippen molar-refractivity contribution in [3.8, 4) is 0 Å². The van der Waals surface area contributed by atoms with Gasteiger partial charge in [0.2, 0.25) is 0 Å². The number of nitrogens with zero attached hydrogens (tertiary/aromatic N) is 2. The number of nitrogens with one attached hydrogen (secondary N) is 1. The second kappa shape index (κ2) is 5.68. The lowest BCUT2D eigenvalue weighted by Crippen LogP contribution is -2.48. The van der Waals surface area contributed by atoms with Gasteiger partial charge in [0.15, 0.2) is 0 Å². The number of hydrogen-bond acceptors (Lipinski definition) is 4. The van der Waals surface area contributed by atoms with Crippen LogP contribution in [-0.4, -0.2) is 46.9 Å². The Morgan fingerprint density at radius 2 is 2.15 bits per heavy atom. The average molecular weight is 290 g/mol. The molecule has 1 aliphatic heterocycles. The molecule has 6 heteroatoms. The Morgan fingerprint density at radius 1 is 1.35 bits per heavy atom. The van der Waals surface area contributed by atoms with Crippen LogP contribution in [-0.2, 0) is 6.54 Å². The summed E-state index contributed by atoms with van der Waals surface area (Å²) in [6, 6.07) is 3.85. The summed E-state index contributed by atoms with van der Waals surface area (Å²) in [6.07, 6.45) is 1.65. The first-order valence-electron chi connectivity index (χ1n) is 6.69. The van der Waals surface area contributed by atoms with Crippen molar-refractivity contribution in [1.29, 1.82) is 0 Å². The smallest absolute Gasteiger partial charge is 0.270 e. The zero-order chi connectivity index (χ0) is 13.9. The zero-order valence-electron chi connectivity index (χ0n) is 11.2. The summed E-state index contributed by atoms with van der Waals surface area (Å²) >= 11 is 1.73. The molecule has 2 aromatic rings. The first-order chi connectivity index (χ1) is 9.72. The fraction of sp³-hybridized carbons (Fsp3) is 0.357. The molecule has 2 aromatic heterocycles. The molecule has 1 fully saturated rings. The Labute approximate surface area is 122 Å². The van der Waals surface area contributed by atoms with Gasteiger partial charge in [-0.3, -0.25) is 9.69 Å². The first kappa shape index (κ1) is 13.2. The largest absolute Gasteiger partial charge is 0.397 e. The van der Waals surface area contributed by atoms with Crippen molar-refractivity contribution in [3.05, 3.63) is 40.3 Å². The van der Waals surface area contributed by atoms with E-state index in [1.807, 2.05) is 4.90 Å². The van der Waals surface area contributed by atoms with Crippen molar-refractivity contribution >= 4 is 22.9 Å². The third-order valence-corrected chi connectivity index (χ3v) is 4.31. The number of anilines is 1. The number of carbonyl (C=O) groups excluding carboxylic acids is 1. The van der Waals surface area contributed by atoms with Crippen LogP contribution in [0, 0.1) is 0 Å². The standard InChI is InChI=1S/C14H18N4OS/c15-12-7-13(16-8-12)14(19)18-4-2-17(3-5-18)9-11-1-6-20-10-11/h1,6-8,10,16H,2-5,9,15H2. The van der Waals surface area contributed by atoms with Gasteiger partial charge in [0, 0.05) is 44.6 Å². The summed E-state index contributed by atoms with van der Waals surface area (Å²) in [5.74, 6) is 0.0388. The van der Waals surface area contributed by atoms with Crippen LogP contribution in [0.3, 0.4) is 0 Å². The van der Waals surface area contributed by atoms with Gasteiger partial charge in [-0.25, -0.2) is 0 Å². The van der Waals surface area contributed by atoms with E-state index in [4.69, 9.17) is 5.73 Å². The molecule has 1 amide bonds. The van der Waals surface area contributed by atoms with Crippen LogP contribution in [0.2, 0.25) is 0 Å². The summed E-state index contributed by atoms with van der Waals surface area (Å²) in [4.78, 5) is 19.4. The molecule has 3 rings (SSSR count). The van der Waals surface area contributed by atoms with Gasteiger partial charge >= 0.3 is 0 Å². The predicted octanol–water partition coefficient (Wildman–Crippen LogP) is 1.62. The van der Waals surface area contributed by atoms with E-state index in [2.05, 4.69) is 26.7 Å². The molecule has 3 heterocycles. The lowest BCUT2D eigenvalue weighted by molar-refractivity contribution is 0.0623. The molecule has 20 heavy (non-hydrogen) atoms. The lowest BCUT2D eigenvalue weighted by Gasteiger charge is -2.34. The molecular weight excluding hydrogens is 272 g/mol. The van der Waals surface area contributed by atoms with E-state index < -0.39 is 0 Å². The van der Waals surface area contributed by atoms with Crippen LogP contribution in [0.1, 0.15) is 16.1 Å². The van der Waals surface area contributed by atoms with Gasteiger partial charge in [0.25, 0.3) is 5.91 Å². The van der Waals surface area contributed by atoms with Crippen LogP contribution >= 0.6 is 11.3 Å². The minimum absolute atomic E-state index is 0.0388. The van der Waals surface area contributed by atoms with E-state index in [0.717, 1.165) is 32.7 Å². The van der Waals surface area contributed by atoms with E-state index in [9.17, 15) is 4.79 Å². The van der Waals surface area contributed by atoms with Gasteiger partial charge in [-0.2, -0.15) is 11.3 Å². The molecule has 1 aliphatic rings. The quantitative estimate of drug-likeness (QED) is 0.902. The maximum Gasteiger partial charge on any atom is 0.270 e. The van der Waals surface area contributed by atoms with Crippen molar-refractivity contribution < 1.29 is 4.79 Å². The van der Waals surface area contributed by atoms with Crippen molar-refractivity contribution in [2.24, 2.45) is 0 Å². The molecule has 0 aliphatic carbocycles. The molecule has 0 radical (unpaired) electrons. The number of H-pyrrole nitrogens is 1. The SMILES string of the molecule is Nc1c[nH]c(C(=O)N2CCN(Cc3ccsc3)CC2)c1. The Bertz CT molecular complexity index is 570. The van der Waals surface area contributed by atoms with Crippen molar-refractivity contribution in [2.45, 2.75) is 6.54 Å². The van der Waals surface area contributed by atoms with Gasteiger partial charge in [-0.15, -0.1) is 0 Å². The summed E-state index contributed by atoms with van der Waals surface area (Å²) in [5, 5.41) is 4.28. The van der Waals surface area contributed by atoms with Crippen molar-refractivity contribution in [2.75, 3.05) is 31.9 Å². The normalized spacial score (nSPS) is 16.5. The summed E-state index contributed by atoms with van der Waals surface area (Å²) in [7, 11) is 0. The number of aromatic amines is 1. The second-order valence-corrected chi connectivity index (χ2v) is 5.83. The molecule has 106 valence electrons. The number of amides is 1. The molecule has 0 aromatic carbocycles. The van der Waals surface area contributed by atoms with E-state index in [-0.39, 0.29) is 5.91 Å². The number of rotatable bonds is 3. The van der Waals surface area contributed by atoms with Gasteiger partial charge in [-0.1, -0.05) is 0 Å². The number of nitrogen functional groups attached to an aromatic ring is 1. The highest BCUT2D eigenvalue weighted by Gasteiger charge is 2.22. The molecular formula is C14H18N4OS. The monoisotopic (exact) mass is 290 g/mol. The summed E-state index contributed by atoms with van der Waals surface area (Å²) < 4.78 is 0. The molecule has 0 atom stereocenters. The van der Waals surface area contributed by atoms with Crippen LogP contribution < -0.4 is 5.73 Å². The number of nitrogens with two attached hydrogens (primary N) is 1. The fourth-order valence-electron chi connectivity index (χ4n) is 2.45. The molecule has 0 bridgehead atoms. The van der Waals surface area contributed by atoms with Crippen LogP contribution in [0.4, 0.5) is 5.69 Å². The Kier molecular flexibility index (Phi) is 3.75. The maximum absolute atomic E-state index is 12.3. The minimum Gasteiger partial charge on any atom is -0.397 e. The topological polar surface area (TPSA) is 65.4 Å². The van der Waals surface area contributed by atoms with Crippen LogP contribution in [0.5, 0.6) is 0 Å². The third-order valence-electron chi connectivity index (χ3n) is 3.58. The highest BCUT2D eigenvalue weighted by Crippen LogP contribution is 2.14. The Balaban J connectivity index is 1.54. The molecule has 3 N–H and O–H groups in total. The first-order valence-corrected chi connectivity index (χ1v) is 7.63. The predicted molar refractivity (Wildman–Crippen MR) is 80.7 cm³/mol. The Morgan fingerprint density at radius 3 is 2.75 bits per heavy atom. The van der Waals surface area contributed by atoms with Crippen molar-refractivity contribution in [3.63, 3.8) is 0 Å². The average Bonchev–Trinajstić information content (AvgIpc) is 3.10. The van der Waals surface area contributed by atoms with Gasteiger partial charge in [0.1, 0.15) is 5.69 Å². The van der Waals surface area contributed by atoms with E-state index >= 15 is 0 Å². The summed E-state index contributed by atoms with van der Waals surface area (Å²) in [5.41, 5.74) is 8.17. The second-order valence-electron chi connectivity index (χ2n) is 5.05. The van der Waals surface area contributed by atoms with E-state index in [1.165, 1.54) is 5.56 Å².